The van der Waals surface area contributed by atoms with Crippen LogP contribution in [0.5, 0.6) is 0 Å². The molecule has 1 unspecified atom stereocenters. The predicted octanol–water partition coefficient (Wildman–Crippen LogP) is 0.374. The Kier molecular flexibility index (Phi) is 3.02. The van der Waals surface area contributed by atoms with Crippen LogP contribution >= 0.6 is 0 Å². The molecule has 3 N–H and O–H groups in total. The highest BCUT2D eigenvalue weighted by Crippen LogP contribution is 2.29. The van der Waals surface area contributed by atoms with E-state index in [-0.39, 0.29) is 5.41 Å². The number of nitrogens with one attached hydrogen (secondary N) is 1. The van der Waals surface area contributed by atoms with Gasteiger partial charge in [0.15, 0.2) is 5.82 Å². The number of aromatic amines is 1. The van der Waals surface area contributed by atoms with E-state index in [0.717, 1.165) is 37.5 Å². The maximum atomic E-state index is 5.49. The van der Waals surface area contributed by atoms with Crippen LogP contribution in [0.2, 0.25) is 0 Å². The van der Waals surface area contributed by atoms with E-state index in [1.54, 1.807) is 0 Å². The Morgan fingerprint density at radius 3 is 3.13 bits per heavy atom. The van der Waals surface area contributed by atoms with Gasteiger partial charge in [-0.05, 0) is 19.4 Å². The molecular weight excluding hydrogens is 192 g/mol. The zero-order valence-corrected chi connectivity index (χ0v) is 9.12. The van der Waals surface area contributed by atoms with Crippen molar-refractivity contribution in [3.63, 3.8) is 0 Å². The number of hydrogen-bond donors (Lipinski definition) is 2. The Morgan fingerprint density at radius 1 is 1.60 bits per heavy atom. The lowest BCUT2D eigenvalue weighted by molar-refractivity contribution is 0.0385. The molecule has 1 aliphatic rings. The average Bonchev–Trinajstić information content (AvgIpc) is 2.69. The quantitative estimate of drug-likeness (QED) is 0.756. The molecule has 5 heteroatoms. The molecule has 1 aliphatic heterocycles. The van der Waals surface area contributed by atoms with Gasteiger partial charge in [0.05, 0.1) is 12.0 Å². The maximum absolute atomic E-state index is 5.49. The van der Waals surface area contributed by atoms with Crippen LogP contribution in [0.15, 0.2) is 0 Å². The van der Waals surface area contributed by atoms with Gasteiger partial charge >= 0.3 is 0 Å². The SMILES string of the molecule is CC1(c2n[nH]c(CCN)n2)CCCOC1. The molecule has 0 aromatic carbocycles. The van der Waals surface area contributed by atoms with Gasteiger partial charge in [-0.3, -0.25) is 5.10 Å². The van der Waals surface area contributed by atoms with Crippen molar-refractivity contribution in [2.75, 3.05) is 19.8 Å². The molecule has 1 fully saturated rings. The Bertz CT molecular complexity index is 317. The fourth-order valence-electron chi connectivity index (χ4n) is 1.92. The Balaban J connectivity index is 2.12. The first-order valence-electron chi connectivity index (χ1n) is 5.44. The number of hydrogen-bond acceptors (Lipinski definition) is 4. The van der Waals surface area contributed by atoms with E-state index < -0.39 is 0 Å². The fraction of sp³-hybridized carbons (Fsp3) is 0.800. The summed E-state index contributed by atoms with van der Waals surface area (Å²) in [4.78, 5) is 4.47. The van der Waals surface area contributed by atoms with E-state index in [9.17, 15) is 0 Å². The zero-order valence-electron chi connectivity index (χ0n) is 9.12. The lowest BCUT2D eigenvalue weighted by Gasteiger charge is -2.30. The molecule has 1 aromatic heterocycles. The minimum atomic E-state index is -0.0262. The molecule has 5 nitrogen and oxygen atoms in total. The normalized spacial score (nSPS) is 26.8. The van der Waals surface area contributed by atoms with Crippen molar-refractivity contribution in [1.82, 2.24) is 15.2 Å². The maximum Gasteiger partial charge on any atom is 0.158 e. The van der Waals surface area contributed by atoms with Crippen LogP contribution in [0.4, 0.5) is 0 Å². The highest BCUT2D eigenvalue weighted by atomic mass is 16.5. The average molecular weight is 210 g/mol. The molecule has 2 rings (SSSR count). The largest absolute Gasteiger partial charge is 0.380 e. The molecule has 0 bridgehead atoms. The summed E-state index contributed by atoms with van der Waals surface area (Å²) in [6.07, 6.45) is 2.92. The second-order valence-corrected chi connectivity index (χ2v) is 4.36. The minimum Gasteiger partial charge on any atom is -0.380 e. The van der Waals surface area contributed by atoms with E-state index >= 15 is 0 Å². The Morgan fingerprint density at radius 2 is 2.47 bits per heavy atom. The number of H-pyrrole nitrogens is 1. The first kappa shape index (κ1) is 10.6. The van der Waals surface area contributed by atoms with Crippen molar-refractivity contribution in [2.24, 2.45) is 5.73 Å². The monoisotopic (exact) mass is 210 g/mol. The fourth-order valence-corrected chi connectivity index (χ4v) is 1.92. The summed E-state index contributed by atoms with van der Waals surface area (Å²) in [5.74, 6) is 1.74. The topological polar surface area (TPSA) is 76.8 Å². The third-order valence-corrected chi connectivity index (χ3v) is 2.89. The van der Waals surface area contributed by atoms with Gasteiger partial charge in [-0.2, -0.15) is 5.10 Å². The molecule has 1 saturated heterocycles. The highest BCUT2D eigenvalue weighted by Gasteiger charge is 2.33. The molecule has 2 heterocycles. The molecule has 84 valence electrons. The number of nitrogens with two attached hydrogens (primary N) is 1. The Labute approximate surface area is 89.4 Å². The van der Waals surface area contributed by atoms with E-state index in [0.29, 0.717) is 13.2 Å². The van der Waals surface area contributed by atoms with Crippen LogP contribution in [0.3, 0.4) is 0 Å². The van der Waals surface area contributed by atoms with Crippen molar-refractivity contribution in [3.05, 3.63) is 11.6 Å². The van der Waals surface area contributed by atoms with Crippen molar-refractivity contribution in [3.8, 4) is 0 Å². The van der Waals surface area contributed by atoms with Gasteiger partial charge in [0.25, 0.3) is 0 Å². The highest BCUT2D eigenvalue weighted by molar-refractivity contribution is 5.07. The summed E-state index contributed by atoms with van der Waals surface area (Å²) in [5, 5.41) is 7.19. The molecule has 15 heavy (non-hydrogen) atoms. The molecule has 0 amide bonds. The third-order valence-electron chi connectivity index (χ3n) is 2.89. The number of aromatic nitrogens is 3. The summed E-state index contributed by atoms with van der Waals surface area (Å²) < 4.78 is 5.49. The van der Waals surface area contributed by atoms with Crippen LogP contribution in [0.1, 0.15) is 31.4 Å². The number of rotatable bonds is 3. The summed E-state index contributed by atoms with van der Waals surface area (Å²) in [5.41, 5.74) is 5.44. The van der Waals surface area contributed by atoms with Gasteiger partial charge in [-0.15, -0.1) is 0 Å². The molecule has 0 spiro atoms. The van der Waals surface area contributed by atoms with Gasteiger partial charge in [0, 0.05) is 13.0 Å². The number of ether oxygens (including phenoxy) is 1. The number of nitrogens with zero attached hydrogens (tertiary/aromatic N) is 2. The zero-order chi connectivity index (χ0) is 10.7. The van der Waals surface area contributed by atoms with Gasteiger partial charge in [0.2, 0.25) is 0 Å². The summed E-state index contributed by atoms with van der Waals surface area (Å²) in [7, 11) is 0. The lowest BCUT2D eigenvalue weighted by atomic mass is 9.84. The molecule has 0 aliphatic carbocycles. The van der Waals surface area contributed by atoms with Crippen molar-refractivity contribution in [1.29, 1.82) is 0 Å². The van der Waals surface area contributed by atoms with Crippen LogP contribution in [0, 0.1) is 0 Å². The molecule has 0 saturated carbocycles. The van der Waals surface area contributed by atoms with Gasteiger partial charge in [-0.25, -0.2) is 4.98 Å². The molecular formula is C10H18N4O. The second-order valence-electron chi connectivity index (χ2n) is 4.36. The van der Waals surface area contributed by atoms with Gasteiger partial charge in [0.1, 0.15) is 5.82 Å². The Hall–Kier alpha value is -0.940. The minimum absolute atomic E-state index is 0.0262. The lowest BCUT2D eigenvalue weighted by Crippen LogP contribution is -2.34. The van der Waals surface area contributed by atoms with Crippen molar-refractivity contribution >= 4 is 0 Å². The first-order chi connectivity index (χ1) is 7.24. The van der Waals surface area contributed by atoms with E-state index in [1.165, 1.54) is 0 Å². The smallest absolute Gasteiger partial charge is 0.158 e. The first-order valence-corrected chi connectivity index (χ1v) is 5.44. The molecule has 1 aromatic rings. The summed E-state index contributed by atoms with van der Waals surface area (Å²) >= 11 is 0. The van der Waals surface area contributed by atoms with Gasteiger partial charge < -0.3 is 10.5 Å². The standard InChI is InChI=1S/C10H18N4O/c1-10(4-2-6-15-7-10)9-12-8(3-5-11)13-14-9/h2-7,11H2,1H3,(H,12,13,14). The van der Waals surface area contributed by atoms with E-state index in [2.05, 4.69) is 22.1 Å². The van der Waals surface area contributed by atoms with Crippen molar-refractivity contribution < 1.29 is 4.74 Å². The van der Waals surface area contributed by atoms with Crippen molar-refractivity contribution in [2.45, 2.75) is 31.6 Å². The van der Waals surface area contributed by atoms with Crippen LogP contribution in [0.25, 0.3) is 0 Å². The summed E-state index contributed by atoms with van der Waals surface area (Å²) in [6, 6.07) is 0. The van der Waals surface area contributed by atoms with E-state index in [4.69, 9.17) is 10.5 Å². The van der Waals surface area contributed by atoms with Crippen LogP contribution in [-0.2, 0) is 16.6 Å². The van der Waals surface area contributed by atoms with Gasteiger partial charge in [-0.1, -0.05) is 6.92 Å². The molecule has 1 atom stereocenters. The third kappa shape index (κ3) is 2.18. The predicted molar refractivity (Wildman–Crippen MR) is 56.5 cm³/mol. The second kappa shape index (κ2) is 4.28. The molecule has 0 radical (unpaired) electrons. The van der Waals surface area contributed by atoms with E-state index in [1.807, 2.05) is 0 Å². The summed E-state index contributed by atoms with van der Waals surface area (Å²) in [6.45, 7) is 4.33. The van der Waals surface area contributed by atoms with Crippen LogP contribution < -0.4 is 5.73 Å². The van der Waals surface area contributed by atoms with Crippen LogP contribution in [-0.4, -0.2) is 34.9 Å².